The highest BCUT2D eigenvalue weighted by molar-refractivity contribution is 7.89. The summed E-state index contributed by atoms with van der Waals surface area (Å²) < 4.78 is 32.7. The van der Waals surface area contributed by atoms with Crippen LogP contribution in [0, 0.1) is 0 Å². The Morgan fingerprint density at radius 3 is 2.50 bits per heavy atom. The number of benzene rings is 1. The van der Waals surface area contributed by atoms with Gasteiger partial charge in [0.1, 0.15) is 4.90 Å². The maximum absolute atomic E-state index is 12.7. The fourth-order valence-electron chi connectivity index (χ4n) is 2.38. The van der Waals surface area contributed by atoms with Crippen molar-refractivity contribution < 1.29 is 23.1 Å². The van der Waals surface area contributed by atoms with Crippen molar-refractivity contribution in [2.24, 2.45) is 0 Å². The number of rotatable bonds is 10. The molecule has 0 radical (unpaired) electrons. The number of anilines is 1. The minimum atomic E-state index is -3.88. The largest absolute Gasteiger partial charge is 0.478 e. The van der Waals surface area contributed by atoms with Crippen molar-refractivity contribution in [1.29, 1.82) is 0 Å². The van der Waals surface area contributed by atoms with Crippen LogP contribution in [0.3, 0.4) is 0 Å². The van der Waals surface area contributed by atoms with Crippen LogP contribution in [0.4, 0.5) is 5.69 Å². The fraction of sp³-hybridized carbons (Fsp3) is 0.562. The minimum absolute atomic E-state index is 0.0658. The van der Waals surface area contributed by atoms with Gasteiger partial charge < -0.3 is 15.2 Å². The summed E-state index contributed by atoms with van der Waals surface area (Å²) in [6.45, 7) is 5.88. The summed E-state index contributed by atoms with van der Waals surface area (Å²) in [4.78, 5) is 11.1. The van der Waals surface area contributed by atoms with E-state index in [1.165, 1.54) is 25.3 Å². The van der Waals surface area contributed by atoms with E-state index >= 15 is 0 Å². The summed E-state index contributed by atoms with van der Waals surface area (Å²) in [5.41, 5.74) is 0.307. The lowest BCUT2D eigenvalue weighted by molar-refractivity contribution is 0.0696. The van der Waals surface area contributed by atoms with Gasteiger partial charge in [0.15, 0.2) is 0 Å². The highest BCUT2D eigenvalue weighted by Gasteiger charge is 2.23. The Labute approximate surface area is 143 Å². The van der Waals surface area contributed by atoms with Crippen molar-refractivity contribution in [3.05, 3.63) is 23.8 Å². The zero-order valence-corrected chi connectivity index (χ0v) is 15.3. The number of carboxylic acid groups (broad SMARTS) is 1. The molecule has 1 aromatic rings. The quantitative estimate of drug-likeness (QED) is 0.593. The molecule has 0 aromatic heterocycles. The molecule has 8 heteroatoms. The Morgan fingerprint density at radius 2 is 1.96 bits per heavy atom. The van der Waals surface area contributed by atoms with Crippen molar-refractivity contribution in [3.8, 4) is 0 Å². The molecule has 2 atom stereocenters. The van der Waals surface area contributed by atoms with E-state index < -0.39 is 22.0 Å². The molecule has 0 saturated heterocycles. The number of ether oxygens (including phenoxy) is 1. The van der Waals surface area contributed by atoms with Crippen LogP contribution in [0.15, 0.2) is 23.1 Å². The molecule has 1 rings (SSSR count). The Hall–Kier alpha value is -1.64. The topological polar surface area (TPSA) is 105 Å². The van der Waals surface area contributed by atoms with Gasteiger partial charge in [0, 0.05) is 19.2 Å². The van der Waals surface area contributed by atoms with Crippen molar-refractivity contribution in [3.63, 3.8) is 0 Å². The van der Waals surface area contributed by atoms with Gasteiger partial charge in [0.25, 0.3) is 0 Å². The predicted octanol–water partition coefficient (Wildman–Crippen LogP) is 2.30. The van der Waals surface area contributed by atoms with Crippen LogP contribution >= 0.6 is 0 Å². The lowest BCUT2D eigenvalue weighted by atomic mass is 10.1. The fourth-order valence-corrected chi connectivity index (χ4v) is 3.80. The van der Waals surface area contributed by atoms with E-state index in [1.807, 2.05) is 13.8 Å². The molecule has 0 saturated carbocycles. The molecule has 0 amide bonds. The highest BCUT2D eigenvalue weighted by atomic mass is 32.2. The standard InChI is InChI=1S/C16H26N2O5S/c1-5-6-11(2)17-14-8-7-13(16(19)20)9-15(14)24(21,22)18-12(3)10-23-4/h7-9,11-12,17-18H,5-6,10H2,1-4H3,(H,19,20)/t11-,12+/m0/s1. The molecule has 0 heterocycles. The molecule has 3 N–H and O–H groups in total. The summed E-state index contributed by atoms with van der Waals surface area (Å²) in [5, 5.41) is 12.3. The lowest BCUT2D eigenvalue weighted by Crippen LogP contribution is -2.36. The molecular formula is C16H26N2O5S. The van der Waals surface area contributed by atoms with Gasteiger partial charge in [-0.1, -0.05) is 13.3 Å². The summed E-state index contributed by atoms with van der Waals surface area (Å²) in [6.07, 6.45) is 1.82. The Kier molecular flexibility index (Phi) is 7.65. The van der Waals surface area contributed by atoms with Crippen molar-refractivity contribution in [2.75, 3.05) is 19.0 Å². The number of nitrogens with one attached hydrogen (secondary N) is 2. The maximum atomic E-state index is 12.7. The number of carbonyl (C=O) groups is 1. The third-order valence-electron chi connectivity index (χ3n) is 3.41. The van der Waals surface area contributed by atoms with Crippen LogP contribution in [0.5, 0.6) is 0 Å². The molecule has 136 valence electrons. The van der Waals surface area contributed by atoms with Crippen molar-refractivity contribution in [2.45, 2.75) is 50.6 Å². The molecular weight excluding hydrogens is 332 g/mol. The number of methoxy groups -OCH3 is 1. The molecule has 7 nitrogen and oxygen atoms in total. The number of sulfonamides is 1. The van der Waals surface area contributed by atoms with Gasteiger partial charge in [-0.2, -0.15) is 0 Å². The Morgan fingerprint density at radius 1 is 1.29 bits per heavy atom. The molecule has 0 aliphatic heterocycles. The van der Waals surface area contributed by atoms with E-state index in [1.54, 1.807) is 6.92 Å². The normalized spacial score (nSPS) is 14.2. The van der Waals surface area contributed by atoms with Crippen LogP contribution in [0.25, 0.3) is 0 Å². The second-order valence-corrected chi connectivity index (χ2v) is 7.51. The zero-order valence-electron chi connectivity index (χ0n) is 14.5. The van der Waals surface area contributed by atoms with Gasteiger partial charge in [-0.3, -0.25) is 0 Å². The molecule has 0 bridgehead atoms. The van der Waals surface area contributed by atoms with E-state index in [9.17, 15) is 13.2 Å². The number of hydrogen-bond acceptors (Lipinski definition) is 5. The molecule has 0 spiro atoms. The van der Waals surface area contributed by atoms with Crippen molar-refractivity contribution in [1.82, 2.24) is 4.72 Å². The number of carboxylic acids is 1. The molecule has 24 heavy (non-hydrogen) atoms. The van der Waals surface area contributed by atoms with Crippen LogP contribution < -0.4 is 10.0 Å². The SMILES string of the molecule is CCC[C@H](C)Nc1ccc(C(=O)O)cc1S(=O)(=O)N[C@H](C)COC. The molecule has 1 aromatic carbocycles. The van der Waals surface area contributed by atoms with E-state index in [-0.39, 0.29) is 23.1 Å². The van der Waals surface area contributed by atoms with Gasteiger partial charge in [0.2, 0.25) is 10.0 Å². The first-order valence-corrected chi connectivity index (χ1v) is 9.34. The van der Waals surface area contributed by atoms with Crippen LogP contribution in [-0.4, -0.2) is 45.3 Å². The van der Waals surface area contributed by atoms with E-state index in [0.29, 0.717) is 5.69 Å². The van der Waals surface area contributed by atoms with Gasteiger partial charge in [0.05, 0.1) is 17.9 Å². The van der Waals surface area contributed by atoms with Crippen molar-refractivity contribution >= 4 is 21.7 Å². The lowest BCUT2D eigenvalue weighted by Gasteiger charge is -2.20. The summed E-state index contributed by atoms with van der Waals surface area (Å²) >= 11 is 0. The summed E-state index contributed by atoms with van der Waals surface area (Å²) in [7, 11) is -2.40. The van der Waals surface area contributed by atoms with Crippen LogP contribution in [0.1, 0.15) is 44.0 Å². The second kappa shape index (κ2) is 9.00. The smallest absolute Gasteiger partial charge is 0.335 e. The zero-order chi connectivity index (χ0) is 18.3. The van der Waals surface area contributed by atoms with Crippen LogP contribution in [0.2, 0.25) is 0 Å². The first-order valence-electron chi connectivity index (χ1n) is 7.86. The maximum Gasteiger partial charge on any atom is 0.335 e. The third-order valence-corrected chi connectivity index (χ3v) is 5.04. The van der Waals surface area contributed by atoms with E-state index in [0.717, 1.165) is 12.8 Å². The Bertz CT molecular complexity index is 660. The molecule has 0 fully saturated rings. The van der Waals surface area contributed by atoms with Gasteiger partial charge in [-0.05, 0) is 38.5 Å². The van der Waals surface area contributed by atoms with E-state index in [2.05, 4.69) is 10.0 Å². The van der Waals surface area contributed by atoms with Gasteiger partial charge in [-0.15, -0.1) is 0 Å². The number of aromatic carboxylic acids is 1. The van der Waals surface area contributed by atoms with Gasteiger partial charge >= 0.3 is 5.97 Å². The second-order valence-electron chi connectivity index (χ2n) is 5.83. The molecule has 0 aliphatic carbocycles. The summed E-state index contributed by atoms with van der Waals surface area (Å²) in [6, 6.07) is 3.68. The first kappa shape index (κ1) is 20.4. The Balaban J connectivity index is 3.24. The molecule has 0 aliphatic rings. The average Bonchev–Trinajstić information content (AvgIpc) is 2.47. The average molecular weight is 358 g/mol. The van der Waals surface area contributed by atoms with E-state index in [4.69, 9.17) is 9.84 Å². The highest BCUT2D eigenvalue weighted by Crippen LogP contribution is 2.24. The first-order chi connectivity index (χ1) is 11.2. The third kappa shape index (κ3) is 5.77. The predicted molar refractivity (Wildman–Crippen MR) is 93.1 cm³/mol. The summed E-state index contributed by atoms with van der Waals surface area (Å²) in [5.74, 6) is -1.18. The monoisotopic (exact) mass is 358 g/mol. The molecule has 0 unspecified atom stereocenters. The minimum Gasteiger partial charge on any atom is -0.478 e. The number of hydrogen-bond donors (Lipinski definition) is 3. The van der Waals surface area contributed by atoms with Crippen LogP contribution in [-0.2, 0) is 14.8 Å². The van der Waals surface area contributed by atoms with Gasteiger partial charge in [-0.25, -0.2) is 17.9 Å².